The van der Waals surface area contributed by atoms with Crippen molar-refractivity contribution >= 4 is 32.7 Å². The zero-order valence-electron chi connectivity index (χ0n) is 31.1. The fraction of sp³-hybridized carbons (Fsp3) is 0.0566. The Bertz CT molecular complexity index is 3170. The number of nitrogens with zero attached hydrogens (tertiary/aromatic N) is 2. The summed E-state index contributed by atoms with van der Waals surface area (Å²) in [4.78, 5) is 10.7. The van der Waals surface area contributed by atoms with Crippen molar-refractivity contribution in [1.82, 2.24) is 9.97 Å². The van der Waals surface area contributed by atoms with Crippen LogP contribution < -0.4 is 0 Å². The van der Waals surface area contributed by atoms with E-state index in [1.165, 1.54) is 27.6 Å². The monoisotopic (exact) mass is 716 g/mol. The molecule has 3 heteroatoms. The van der Waals surface area contributed by atoms with Crippen LogP contribution in [0.1, 0.15) is 25.0 Å². The van der Waals surface area contributed by atoms with E-state index in [1.807, 2.05) is 12.1 Å². The molecule has 0 saturated carbocycles. The maximum atomic E-state index is 6.35. The largest absolute Gasteiger partial charge is 0.456 e. The number of furan rings is 1. The van der Waals surface area contributed by atoms with Crippen molar-refractivity contribution in [3.05, 3.63) is 193 Å². The van der Waals surface area contributed by atoms with Gasteiger partial charge in [0.2, 0.25) is 0 Å². The Balaban J connectivity index is 1.15. The molecule has 264 valence electrons. The highest BCUT2D eigenvalue weighted by Crippen LogP contribution is 2.49. The maximum absolute atomic E-state index is 6.35. The minimum atomic E-state index is -0.129. The van der Waals surface area contributed by atoms with Gasteiger partial charge in [-0.05, 0) is 104 Å². The molecule has 0 atom stereocenters. The fourth-order valence-electron chi connectivity index (χ4n) is 8.81. The second kappa shape index (κ2) is 12.5. The van der Waals surface area contributed by atoms with E-state index in [4.69, 9.17) is 14.4 Å². The molecule has 2 heterocycles. The molecule has 3 nitrogen and oxygen atoms in total. The predicted octanol–water partition coefficient (Wildman–Crippen LogP) is 14.2. The molecule has 0 radical (unpaired) electrons. The van der Waals surface area contributed by atoms with E-state index in [0.29, 0.717) is 5.82 Å². The van der Waals surface area contributed by atoms with E-state index >= 15 is 0 Å². The third-order valence-electron chi connectivity index (χ3n) is 11.7. The number of rotatable bonds is 5. The van der Waals surface area contributed by atoms with Gasteiger partial charge in [0.25, 0.3) is 0 Å². The summed E-state index contributed by atoms with van der Waals surface area (Å²) in [6, 6.07) is 64.9. The summed E-state index contributed by atoms with van der Waals surface area (Å²) in [6.45, 7) is 4.65. The van der Waals surface area contributed by atoms with Crippen LogP contribution in [-0.4, -0.2) is 9.97 Å². The number of hydrogen-bond acceptors (Lipinski definition) is 3. The number of fused-ring (bicyclic) bond motifs is 7. The molecule has 1 aliphatic rings. The molecular formula is C53H36N2O. The van der Waals surface area contributed by atoms with Crippen molar-refractivity contribution in [3.8, 4) is 67.3 Å². The fourth-order valence-corrected chi connectivity index (χ4v) is 8.81. The molecule has 0 fully saturated rings. The Hall–Kier alpha value is -7.10. The molecule has 0 aliphatic heterocycles. The van der Waals surface area contributed by atoms with Crippen molar-refractivity contribution in [1.29, 1.82) is 0 Å². The Morgan fingerprint density at radius 3 is 1.95 bits per heavy atom. The van der Waals surface area contributed by atoms with Gasteiger partial charge in [-0.3, -0.25) is 0 Å². The Morgan fingerprint density at radius 2 is 1.05 bits per heavy atom. The molecule has 0 unspecified atom stereocenters. The first kappa shape index (κ1) is 32.3. The first-order valence-electron chi connectivity index (χ1n) is 19.2. The van der Waals surface area contributed by atoms with Crippen molar-refractivity contribution < 1.29 is 4.42 Å². The van der Waals surface area contributed by atoms with Gasteiger partial charge in [-0.1, -0.05) is 147 Å². The maximum Gasteiger partial charge on any atom is 0.160 e. The number of hydrogen-bond donors (Lipinski definition) is 0. The van der Waals surface area contributed by atoms with Crippen LogP contribution in [0.4, 0.5) is 0 Å². The van der Waals surface area contributed by atoms with Crippen LogP contribution in [0.15, 0.2) is 186 Å². The average Bonchev–Trinajstić information content (AvgIpc) is 3.75. The Labute approximate surface area is 325 Å². The van der Waals surface area contributed by atoms with E-state index in [-0.39, 0.29) is 5.41 Å². The highest BCUT2D eigenvalue weighted by molar-refractivity contribution is 6.12. The molecule has 0 spiro atoms. The topological polar surface area (TPSA) is 38.9 Å². The SMILES string of the molecule is CC1(C)c2ccccc2-c2ccc(-c3cc(-c4cc(-c5ccccc5)cc(-c5cccc6oc7ccccc7c56)c4)nc(-c4ccc5ccccc5c4)n3)cc21. The van der Waals surface area contributed by atoms with Crippen LogP contribution in [0, 0.1) is 0 Å². The van der Waals surface area contributed by atoms with Gasteiger partial charge in [0, 0.05) is 32.9 Å². The Morgan fingerprint density at radius 1 is 0.393 bits per heavy atom. The lowest BCUT2D eigenvalue weighted by Gasteiger charge is -2.22. The Kier molecular flexibility index (Phi) is 7.20. The molecule has 8 aromatic carbocycles. The van der Waals surface area contributed by atoms with Crippen LogP contribution >= 0.6 is 0 Å². The zero-order chi connectivity index (χ0) is 37.4. The minimum absolute atomic E-state index is 0.129. The van der Waals surface area contributed by atoms with Crippen LogP contribution in [-0.2, 0) is 5.41 Å². The van der Waals surface area contributed by atoms with E-state index < -0.39 is 0 Å². The van der Waals surface area contributed by atoms with Crippen LogP contribution in [0.3, 0.4) is 0 Å². The molecule has 0 bridgehead atoms. The van der Waals surface area contributed by atoms with Crippen molar-refractivity contribution in [3.63, 3.8) is 0 Å². The highest BCUT2D eigenvalue weighted by Gasteiger charge is 2.35. The van der Waals surface area contributed by atoms with Crippen molar-refractivity contribution in [2.45, 2.75) is 19.3 Å². The summed E-state index contributed by atoms with van der Waals surface area (Å²) in [5, 5.41) is 4.57. The minimum Gasteiger partial charge on any atom is -0.456 e. The quantitative estimate of drug-likeness (QED) is 0.178. The molecule has 2 aromatic heterocycles. The van der Waals surface area contributed by atoms with Gasteiger partial charge in [-0.2, -0.15) is 0 Å². The highest BCUT2D eigenvalue weighted by atomic mass is 16.3. The summed E-state index contributed by atoms with van der Waals surface area (Å²) < 4.78 is 6.35. The summed E-state index contributed by atoms with van der Waals surface area (Å²) in [5.41, 5.74) is 16.2. The normalized spacial score (nSPS) is 13.0. The van der Waals surface area contributed by atoms with Crippen LogP contribution in [0.5, 0.6) is 0 Å². The molecule has 1 aliphatic carbocycles. The second-order valence-corrected chi connectivity index (χ2v) is 15.4. The first-order valence-corrected chi connectivity index (χ1v) is 19.2. The standard InChI is InChI=1S/C53H36N2O/c1-53(2)45-20-10-8-17-42(45)43-26-25-36(31-46(43)53)47-32-48(55-52(54-47)37-24-23-34-15-6-7-16-35(34)27-37)40-29-38(33-13-4-3-5-14-33)28-39(30-40)41-19-12-22-50-51(41)44-18-9-11-21-49(44)56-50/h3-32H,1-2H3. The van der Waals surface area contributed by atoms with E-state index in [1.54, 1.807) is 0 Å². The van der Waals surface area contributed by atoms with E-state index in [2.05, 4.69) is 184 Å². The van der Waals surface area contributed by atoms with Crippen LogP contribution in [0.2, 0.25) is 0 Å². The summed E-state index contributed by atoms with van der Waals surface area (Å²) in [7, 11) is 0. The predicted molar refractivity (Wildman–Crippen MR) is 232 cm³/mol. The molecule has 56 heavy (non-hydrogen) atoms. The van der Waals surface area contributed by atoms with Gasteiger partial charge in [-0.15, -0.1) is 0 Å². The third kappa shape index (κ3) is 5.20. The van der Waals surface area contributed by atoms with Crippen molar-refractivity contribution in [2.75, 3.05) is 0 Å². The zero-order valence-corrected chi connectivity index (χ0v) is 31.1. The number of aromatic nitrogens is 2. The molecule has 0 amide bonds. The number of para-hydroxylation sites is 1. The lowest BCUT2D eigenvalue weighted by atomic mass is 9.82. The van der Waals surface area contributed by atoms with Gasteiger partial charge >= 0.3 is 0 Å². The summed E-state index contributed by atoms with van der Waals surface area (Å²) in [6.07, 6.45) is 0. The van der Waals surface area contributed by atoms with Gasteiger partial charge in [-0.25, -0.2) is 9.97 Å². The molecule has 0 N–H and O–H groups in total. The van der Waals surface area contributed by atoms with E-state index in [9.17, 15) is 0 Å². The smallest absolute Gasteiger partial charge is 0.160 e. The molecule has 10 aromatic rings. The van der Waals surface area contributed by atoms with E-state index in [0.717, 1.165) is 77.7 Å². The van der Waals surface area contributed by atoms with Gasteiger partial charge in [0.1, 0.15) is 11.2 Å². The van der Waals surface area contributed by atoms with Crippen molar-refractivity contribution in [2.24, 2.45) is 0 Å². The lowest BCUT2D eigenvalue weighted by Crippen LogP contribution is -2.14. The number of benzene rings is 8. The molecular weight excluding hydrogens is 681 g/mol. The molecule has 11 rings (SSSR count). The summed E-state index contributed by atoms with van der Waals surface area (Å²) >= 11 is 0. The van der Waals surface area contributed by atoms with Gasteiger partial charge in [0.05, 0.1) is 11.4 Å². The lowest BCUT2D eigenvalue weighted by molar-refractivity contribution is 0.660. The summed E-state index contributed by atoms with van der Waals surface area (Å²) in [5.74, 6) is 0.695. The average molecular weight is 717 g/mol. The molecule has 0 saturated heterocycles. The van der Waals surface area contributed by atoms with Crippen LogP contribution in [0.25, 0.3) is 100.0 Å². The van der Waals surface area contributed by atoms with Gasteiger partial charge in [0.15, 0.2) is 5.82 Å². The first-order chi connectivity index (χ1) is 27.5. The van der Waals surface area contributed by atoms with Gasteiger partial charge < -0.3 is 4.42 Å². The third-order valence-corrected chi connectivity index (χ3v) is 11.7. The second-order valence-electron chi connectivity index (χ2n) is 15.4.